The molecule has 2 heterocycles. The first kappa shape index (κ1) is 16.4. The summed E-state index contributed by atoms with van der Waals surface area (Å²) < 4.78 is 21.5. The van der Waals surface area contributed by atoms with Crippen LogP contribution in [0.15, 0.2) is 36.7 Å². The van der Waals surface area contributed by atoms with Crippen LogP contribution in [0.3, 0.4) is 0 Å². The van der Waals surface area contributed by atoms with Crippen molar-refractivity contribution in [2.24, 2.45) is 7.05 Å². The van der Waals surface area contributed by atoms with Gasteiger partial charge in [0.25, 0.3) is 0 Å². The summed E-state index contributed by atoms with van der Waals surface area (Å²) in [6.07, 6.45) is 3.39. The lowest BCUT2D eigenvalue weighted by molar-refractivity contribution is -0.00377. The van der Waals surface area contributed by atoms with Crippen molar-refractivity contribution in [3.63, 3.8) is 0 Å². The summed E-state index contributed by atoms with van der Waals surface area (Å²) in [5.74, 6) is 0.205. The molecule has 1 aromatic carbocycles. The maximum Gasteiger partial charge on any atom is 0.318 e. The molecule has 3 rings (SSSR count). The molecule has 1 aliphatic heterocycles. The van der Waals surface area contributed by atoms with E-state index in [0.29, 0.717) is 31.1 Å². The fourth-order valence-corrected chi connectivity index (χ4v) is 2.86. The third kappa shape index (κ3) is 3.41. The van der Waals surface area contributed by atoms with Gasteiger partial charge >= 0.3 is 6.03 Å². The lowest BCUT2D eigenvalue weighted by Gasteiger charge is -2.32. The Morgan fingerprint density at radius 2 is 2.25 bits per heavy atom. The Balaban J connectivity index is 1.87. The lowest BCUT2D eigenvalue weighted by Crippen LogP contribution is -2.50. The van der Waals surface area contributed by atoms with Gasteiger partial charge in [-0.2, -0.15) is 0 Å². The highest BCUT2D eigenvalue weighted by molar-refractivity contribution is 5.75. The van der Waals surface area contributed by atoms with Crippen molar-refractivity contribution >= 4 is 6.03 Å². The highest BCUT2D eigenvalue weighted by Crippen LogP contribution is 2.23. The Morgan fingerprint density at radius 1 is 1.46 bits per heavy atom. The molecule has 0 saturated carbocycles. The number of carbonyl (C=O) groups excluding carboxylic acids is 1. The minimum absolute atomic E-state index is 0.00965. The van der Waals surface area contributed by atoms with Crippen LogP contribution in [0.2, 0.25) is 0 Å². The molecular formula is C17H21FN4O2. The molecule has 0 spiro atoms. The number of halogens is 1. The van der Waals surface area contributed by atoms with Crippen molar-refractivity contribution in [2.45, 2.75) is 19.1 Å². The number of urea groups is 1. The molecule has 2 amide bonds. The van der Waals surface area contributed by atoms with E-state index >= 15 is 0 Å². The zero-order chi connectivity index (χ0) is 17.1. The summed E-state index contributed by atoms with van der Waals surface area (Å²) >= 11 is 0. The van der Waals surface area contributed by atoms with Crippen molar-refractivity contribution in [3.05, 3.63) is 53.9 Å². The molecule has 6 nitrogen and oxygen atoms in total. The molecule has 0 bridgehead atoms. The van der Waals surface area contributed by atoms with Crippen molar-refractivity contribution in [1.29, 1.82) is 0 Å². The van der Waals surface area contributed by atoms with Crippen LogP contribution in [0.5, 0.6) is 0 Å². The smallest absolute Gasteiger partial charge is 0.318 e. The van der Waals surface area contributed by atoms with Crippen molar-refractivity contribution < 1.29 is 13.9 Å². The van der Waals surface area contributed by atoms with Gasteiger partial charge in [0.05, 0.1) is 12.7 Å². The van der Waals surface area contributed by atoms with Crippen LogP contribution in [0.1, 0.15) is 24.4 Å². The largest absolute Gasteiger partial charge is 0.375 e. The summed E-state index contributed by atoms with van der Waals surface area (Å²) in [7, 11) is 1.82. The lowest BCUT2D eigenvalue weighted by atomic mass is 10.1. The van der Waals surface area contributed by atoms with E-state index in [2.05, 4.69) is 10.3 Å². The van der Waals surface area contributed by atoms with E-state index in [1.54, 1.807) is 40.1 Å². The van der Waals surface area contributed by atoms with Gasteiger partial charge in [-0.15, -0.1) is 0 Å². The van der Waals surface area contributed by atoms with E-state index in [1.165, 1.54) is 6.07 Å². The van der Waals surface area contributed by atoms with Gasteiger partial charge in [0.2, 0.25) is 0 Å². The molecule has 0 aliphatic carbocycles. The molecule has 1 aliphatic rings. The highest BCUT2D eigenvalue weighted by Gasteiger charge is 2.27. The summed E-state index contributed by atoms with van der Waals surface area (Å²) in [6.45, 7) is 3.45. The molecule has 2 aromatic rings. The Hall–Kier alpha value is -2.41. The Bertz CT molecular complexity index is 718. The van der Waals surface area contributed by atoms with Gasteiger partial charge in [0, 0.05) is 38.1 Å². The van der Waals surface area contributed by atoms with E-state index in [9.17, 15) is 9.18 Å². The Labute approximate surface area is 140 Å². The number of nitrogens with zero attached hydrogens (tertiary/aromatic N) is 3. The molecule has 2 unspecified atom stereocenters. The number of aryl methyl sites for hydroxylation is 1. The number of imidazole rings is 1. The second kappa shape index (κ2) is 7.00. The fourth-order valence-electron chi connectivity index (χ4n) is 2.86. The average Bonchev–Trinajstić information content (AvgIpc) is 2.99. The Morgan fingerprint density at radius 3 is 2.92 bits per heavy atom. The average molecular weight is 332 g/mol. The number of morpholine rings is 1. The number of ether oxygens (including phenoxy) is 1. The van der Waals surface area contributed by atoms with Crippen molar-refractivity contribution in [2.75, 3.05) is 19.7 Å². The highest BCUT2D eigenvalue weighted by atomic mass is 19.1. The summed E-state index contributed by atoms with van der Waals surface area (Å²) in [5.41, 5.74) is 0.390. The molecule has 24 heavy (non-hydrogen) atoms. The van der Waals surface area contributed by atoms with Gasteiger partial charge in [-0.3, -0.25) is 0 Å². The minimum Gasteiger partial charge on any atom is -0.375 e. The minimum atomic E-state index is -0.656. The number of rotatable bonds is 3. The number of aromatic nitrogens is 2. The van der Waals surface area contributed by atoms with Crippen LogP contribution in [0.4, 0.5) is 9.18 Å². The molecule has 1 aromatic heterocycles. The summed E-state index contributed by atoms with van der Waals surface area (Å²) in [5, 5.41) is 2.92. The predicted molar refractivity (Wildman–Crippen MR) is 87.0 cm³/mol. The van der Waals surface area contributed by atoms with E-state index in [0.717, 1.165) is 0 Å². The Kier molecular flexibility index (Phi) is 4.80. The molecule has 1 N–H and O–H groups in total. The molecule has 7 heteroatoms. The van der Waals surface area contributed by atoms with E-state index < -0.39 is 6.04 Å². The first-order valence-corrected chi connectivity index (χ1v) is 7.95. The van der Waals surface area contributed by atoms with Crippen LogP contribution >= 0.6 is 0 Å². The fraction of sp³-hybridized carbons (Fsp3) is 0.412. The summed E-state index contributed by atoms with van der Waals surface area (Å²) in [4.78, 5) is 18.6. The van der Waals surface area contributed by atoms with Crippen molar-refractivity contribution in [1.82, 2.24) is 19.8 Å². The predicted octanol–water partition coefficient (Wildman–Crippen LogP) is 2.08. The SMILES string of the molecule is CC1CN(C(=O)NC(c2ccccc2F)c2nccn2C)CCO1. The summed E-state index contributed by atoms with van der Waals surface area (Å²) in [6, 6.07) is 5.51. The first-order valence-electron chi connectivity index (χ1n) is 7.95. The molecular weight excluding hydrogens is 311 g/mol. The molecule has 128 valence electrons. The van der Waals surface area contributed by atoms with E-state index in [4.69, 9.17) is 4.74 Å². The van der Waals surface area contributed by atoms with Gasteiger partial charge in [0.15, 0.2) is 0 Å². The van der Waals surface area contributed by atoms with Crippen LogP contribution < -0.4 is 5.32 Å². The second-order valence-electron chi connectivity index (χ2n) is 5.93. The van der Waals surface area contributed by atoms with Gasteiger partial charge in [-0.1, -0.05) is 18.2 Å². The third-order valence-corrected chi connectivity index (χ3v) is 4.13. The maximum absolute atomic E-state index is 14.3. The molecule has 1 saturated heterocycles. The van der Waals surface area contributed by atoms with E-state index in [1.807, 2.05) is 14.0 Å². The van der Waals surface area contributed by atoms with Crippen molar-refractivity contribution in [3.8, 4) is 0 Å². The normalized spacial score (nSPS) is 19.1. The number of hydrogen-bond acceptors (Lipinski definition) is 3. The quantitative estimate of drug-likeness (QED) is 0.936. The zero-order valence-electron chi connectivity index (χ0n) is 13.8. The van der Waals surface area contributed by atoms with Crippen LogP contribution in [-0.2, 0) is 11.8 Å². The molecule has 0 radical (unpaired) electrons. The van der Waals surface area contributed by atoms with Gasteiger partial charge in [0.1, 0.15) is 17.7 Å². The van der Waals surface area contributed by atoms with Gasteiger partial charge < -0.3 is 19.5 Å². The van der Waals surface area contributed by atoms with E-state index in [-0.39, 0.29) is 18.0 Å². The zero-order valence-corrected chi connectivity index (χ0v) is 13.8. The van der Waals surface area contributed by atoms with Crippen LogP contribution in [0, 0.1) is 5.82 Å². The van der Waals surface area contributed by atoms with Crippen LogP contribution in [-0.4, -0.2) is 46.3 Å². The number of carbonyl (C=O) groups is 1. The van der Waals surface area contributed by atoms with Crippen LogP contribution in [0.25, 0.3) is 0 Å². The standard InChI is InChI=1S/C17H21FN4O2/c1-12-11-22(9-10-24-12)17(23)20-15(16-19-7-8-21(16)2)13-5-3-4-6-14(13)18/h3-8,12,15H,9-11H2,1-2H3,(H,20,23). The second-order valence-corrected chi connectivity index (χ2v) is 5.93. The first-order chi connectivity index (χ1) is 11.6. The molecule has 1 fully saturated rings. The maximum atomic E-state index is 14.3. The van der Waals surface area contributed by atoms with Gasteiger partial charge in [-0.25, -0.2) is 14.2 Å². The number of benzene rings is 1. The number of nitrogens with one attached hydrogen (secondary N) is 1. The molecule has 2 atom stereocenters. The topological polar surface area (TPSA) is 59.4 Å². The monoisotopic (exact) mass is 332 g/mol. The van der Waals surface area contributed by atoms with Gasteiger partial charge in [-0.05, 0) is 13.0 Å². The number of amides is 2. The number of hydrogen-bond donors (Lipinski definition) is 1. The third-order valence-electron chi connectivity index (χ3n) is 4.13.